The number of hydrogen-bond donors (Lipinski definition) is 3. The number of aliphatic carboxylic acids is 1. The molecule has 6 nitrogen and oxygen atoms in total. The lowest BCUT2D eigenvalue weighted by atomic mass is 10.2. The van der Waals surface area contributed by atoms with Gasteiger partial charge in [-0.3, -0.25) is 9.59 Å². The zero-order valence-corrected chi connectivity index (χ0v) is 12.7. The standard InChI is InChI=1S/C11H13ClN2O4S2/c12-8-2-1-6(20-8)4-19-5-10(16)14-7(11(17)18)3-9(13)15/h1-2,7H,3-5H2,(H2,13,15)(H,14,16)(H,17,18)/t7-/m0/s1. The Labute approximate surface area is 128 Å². The van der Waals surface area contributed by atoms with Crippen LogP contribution < -0.4 is 11.1 Å². The third-order valence-corrected chi connectivity index (χ3v) is 4.54. The minimum absolute atomic E-state index is 0.0953. The van der Waals surface area contributed by atoms with Gasteiger partial charge in [0.1, 0.15) is 6.04 Å². The molecule has 0 aliphatic rings. The molecule has 0 fully saturated rings. The Kier molecular flexibility index (Phi) is 6.83. The van der Waals surface area contributed by atoms with Gasteiger partial charge in [0, 0.05) is 10.6 Å². The highest BCUT2D eigenvalue weighted by Gasteiger charge is 2.21. The van der Waals surface area contributed by atoms with Crippen molar-refractivity contribution >= 4 is 52.5 Å². The molecular weight excluding hydrogens is 324 g/mol. The smallest absolute Gasteiger partial charge is 0.326 e. The van der Waals surface area contributed by atoms with Gasteiger partial charge in [-0.05, 0) is 12.1 Å². The van der Waals surface area contributed by atoms with Gasteiger partial charge in [0.15, 0.2) is 0 Å². The molecule has 0 aromatic carbocycles. The first-order valence-electron chi connectivity index (χ1n) is 5.51. The van der Waals surface area contributed by atoms with E-state index in [1.807, 2.05) is 6.07 Å². The molecule has 9 heteroatoms. The normalized spacial score (nSPS) is 11.8. The molecule has 0 saturated heterocycles. The number of carboxylic acid groups (broad SMARTS) is 1. The van der Waals surface area contributed by atoms with Crippen LogP contribution in [-0.2, 0) is 20.1 Å². The SMILES string of the molecule is NC(=O)C[C@H](NC(=O)CSCc1ccc(Cl)s1)C(=O)O. The molecular formula is C11H13ClN2O4S2. The Morgan fingerprint density at radius 3 is 2.65 bits per heavy atom. The summed E-state index contributed by atoms with van der Waals surface area (Å²) < 4.78 is 0.678. The van der Waals surface area contributed by atoms with Crippen LogP contribution in [-0.4, -0.2) is 34.7 Å². The van der Waals surface area contributed by atoms with Gasteiger partial charge >= 0.3 is 5.97 Å². The number of nitrogens with two attached hydrogens (primary N) is 1. The number of amides is 2. The van der Waals surface area contributed by atoms with E-state index in [1.54, 1.807) is 6.07 Å². The number of halogens is 1. The van der Waals surface area contributed by atoms with E-state index in [0.29, 0.717) is 10.1 Å². The number of primary amides is 1. The minimum atomic E-state index is -1.29. The molecule has 1 rings (SSSR count). The summed E-state index contributed by atoms with van der Waals surface area (Å²) in [6.07, 6.45) is -0.424. The van der Waals surface area contributed by atoms with Crippen LogP contribution in [0.25, 0.3) is 0 Å². The molecule has 0 bridgehead atoms. The summed E-state index contributed by atoms with van der Waals surface area (Å²) in [6.45, 7) is 0. The molecule has 1 aromatic rings. The van der Waals surface area contributed by atoms with Crippen LogP contribution in [0.5, 0.6) is 0 Å². The van der Waals surface area contributed by atoms with Gasteiger partial charge in [0.25, 0.3) is 0 Å². The van der Waals surface area contributed by atoms with Crippen molar-refractivity contribution in [2.45, 2.75) is 18.2 Å². The summed E-state index contributed by atoms with van der Waals surface area (Å²) in [5.41, 5.74) is 4.92. The van der Waals surface area contributed by atoms with E-state index in [2.05, 4.69) is 5.32 Å². The maximum absolute atomic E-state index is 11.6. The highest BCUT2D eigenvalue weighted by molar-refractivity contribution is 7.99. The predicted octanol–water partition coefficient (Wildman–Crippen LogP) is 1.08. The first kappa shape index (κ1) is 16.8. The van der Waals surface area contributed by atoms with Gasteiger partial charge in [-0.1, -0.05) is 11.6 Å². The molecule has 110 valence electrons. The number of thiophene rings is 1. The van der Waals surface area contributed by atoms with Crippen LogP contribution in [0, 0.1) is 0 Å². The van der Waals surface area contributed by atoms with Crippen LogP contribution in [0.15, 0.2) is 12.1 Å². The fraction of sp³-hybridized carbons (Fsp3) is 0.364. The third kappa shape index (κ3) is 6.27. The zero-order chi connectivity index (χ0) is 15.1. The lowest BCUT2D eigenvalue weighted by molar-refractivity contribution is -0.143. The second-order valence-corrected chi connectivity index (χ2v) is 6.61. The monoisotopic (exact) mass is 336 g/mol. The third-order valence-electron chi connectivity index (χ3n) is 2.14. The molecule has 1 aromatic heterocycles. The van der Waals surface area contributed by atoms with Crippen LogP contribution in [0.4, 0.5) is 0 Å². The van der Waals surface area contributed by atoms with Gasteiger partial charge in [0.2, 0.25) is 11.8 Å². The van der Waals surface area contributed by atoms with Gasteiger partial charge in [0.05, 0.1) is 16.5 Å². The molecule has 0 spiro atoms. The van der Waals surface area contributed by atoms with Crippen molar-refractivity contribution in [2.75, 3.05) is 5.75 Å². The Morgan fingerprint density at radius 1 is 1.45 bits per heavy atom. The van der Waals surface area contributed by atoms with Gasteiger partial charge in [-0.2, -0.15) is 0 Å². The quantitative estimate of drug-likeness (QED) is 0.658. The van der Waals surface area contributed by atoms with Crippen molar-refractivity contribution in [2.24, 2.45) is 5.73 Å². The Balaban J connectivity index is 2.34. The zero-order valence-electron chi connectivity index (χ0n) is 10.3. The Morgan fingerprint density at radius 2 is 2.15 bits per heavy atom. The second kappa shape index (κ2) is 8.13. The van der Waals surface area contributed by atoms with Crippen molar-refractivity contribution in [3.8, 4) is 0 Å². The summed E-state index contributed by atoms with van der Waals surface area (Å²) in [7, 11) is 0. The average molecular weight is 337 g/mol. The molecule has 2 amide bonds. The van der Waals surface area contributed by atoms with E-state index in [-0.39, 0.29) is 5.75 Å². The molecule has 1 atom stereocenters. The maximum atomic E-state index is 11.6. The summed E-state index contributed by atoms with van der Waals surface area (Å²) in [6, 6.07) is 2.36. The van der Waals surface area contributed by atoms with Crippen molar-refractivity contribution in [1.29, 1.82) is 0 Å². The highest BCUT2D eigenvalue weighted by Crippen LogP contribution is 2.24. The number of carbonyl (C=O) groups is 3. The summed E-state index contributed by atoms with van der Waals surface area (Å²) in [5.74, 6) is -1.81. The van der Waals surface area contributed by atoms with Crippen molar-refractivity contribution in [3.05, 3.63) is 21.3 Å². The molecule has 4 N–H and O–H groups in total. The van der Waals surface area contributed by atoms with E-state index in [4.69, 9.17) is 22.4 Å². The lowest BCUT2D eigenvalue weighted by Gasteiger charge is -2.12. The van der Waals surface area contributed by atoms with E-state index in [1.165, 1.54) is 23.1 Å². The number of carboxylic acids is 1. The number of hydrogen-bond acceptors (Lipinski definition) is 5. The number of carbonyl (C=O) groups excluding carboxylic acids is 2. The van der Waals surface area contributed by atoms with Gasteiger partial charge in [-0.25, -0.2) is 4.79 Å². The fourth-order valence-corrected chi connectivity index (χ4v) is 3.35. The van der Waals surface area contributed by atoms with Crippen LogP contribution in [0.3, 0.4) is 0 Å². The van der Waals surface area contributed by atoms with E-state index in [9.17, 15) is 14.4 Å². The molecule has 0 radical (unpaired) electrons. The molecule has 0 aliphatic carbocycles. The first-order valence-corrected chi connectivity index (χ1v) is 7.86. The van der Waals surface area contributed by atoms with Gasteiger partial charge < -0.3 is 16.2 Å². The lowest BCUT2D eigenvalue weighted by Crippen LogP contribution is -2.44. The summed E-state index contributed by atoms with van der Waals surface area (Å²) >= 11 is 8.53. The number of thioether (sulfide) groups is 1. The van der Waals surface area contributed by atoms with Crippen LogP contribution in [0.1, 0.15) is 11.3 Å². The van der Waals surface area contributed by atoms with E-state index >= 15 is 0 Å². The second-order valence-electron chi connectivity index (χ2n) is 3.83. The van der Waals surface area contributed by atoms with Crippen molar-refractivity contribution in [1.82, 2.24) is 5.32 Å². The number of rotatable bonds is 8. The highest BCUT2D eigenvalue weighted by atomic mass is 35.5. The Bertz CT molecular complexity index is 506. The van der Waals surface area contributed by atoms with E-state index in [0.717, 1.165) is 4.88 Å². The molecule has 0 aliphatic heterocycles. The van der Waals surface area contributed by atoms with Crippen LogP contribution in [0.2, 0.25) is 4.34 Å². The fourth-order valence-electron chi connectivity index (χ4n) is 1.31. The molecule has 0 unspecified atom stereocenters. The van der Waals surface area contributed by atoms with Gasteiger partial charge in [-0.15, -0.1) is 23.1 Å². The Hall–Kier alpha value is -1.25. The number of nitrogens with one attached hydrogen (secondary N) is 1. The average Bonchev–Trinajstić information content (AvgIpc) is 2.73. The first-order chi connectivity index (χ1) is 9.38. The summed E-state index contributed by atoms with van der Waals surface area (Å²) in [5, 5.41) is 11.1. The maximum Gasteiger partial charge on any atom is 0.326 e. The molecule has 20 heavy (non-hydrogen) atoms. The topological polar surface area (TPSA) is 109 Å². The van der Waals surface area contributed by atoms with Crippen molar-refractivity contribution < 1.29 is 19.5 Å². The molecule has 1 heterocycles. The predicted molar refractivity (Wildman–Crippen MR) is 78.9 cm³/mol. The van der Waals surface area contributed by atoms with Crippen molar-refractivity contribution in [3.63, 3.8) is 0 Å². The summed E-state index contributed by atoms with van der Waals surface area (Å²) in [4.78, 5) is 34.1. The molecule has 0 saturated carbocycles. The minimum Gasteiger partial charge on any atom is -0.480 e. The largest absolute Gasteiger partial charge is 0.480 e. The van der Waals surface area contributed by atoms with Crippen LogP contribution >= 0.6 is 34.7 Å². The van der Waals surface area contributed by atoms with E-state index < -0.39 is 30.2 Å².